The molecule has 1 aliphatic rings. The molecule has 2 heterocycles. The first-order valence-corrected chi connectivity index (χ1v) is 3.33. The Kier molecular flexibility index (Phi) is 1.45. The van der Waals surface area contributed by atoms with Gasteiger partial charge in [-0.3, -0.25) is 0 Å². The van der Waals surface area contributed by atoms with Crippen molar-refractivity contribution in [3.63, 3.8) is 0 Å². The summed E-state index contributed by atoms with van der Waals surface area (Å²) in [6.45, 7) is 1.41. The van der Waals surface area contributed by atoms with Crippen molar-refractivity contribution in [1.29, 1.82) is 0 Å². The number of hydrogen-bond acceptors (Lipinski definition) is 2. The molecule has 0 radical (unpaired) electrons. The quantitative estimate of drug-likeness (QED) is 0.631. The highest BCUT2D eigenvalue weighted by atomic mass is 16.7. The monoisotopic (exact) mass is 139 g/mol. The van der Waals surface area contributed by atoms with Crippen LogP contribution in [0, 0.1) is 0 Å². The smallest absolute Gasteiger partial charge is 0.185 e. The van der Waals surface area contributed by atoms with Crippen LogP contribution in [0.1, 0.15) is 11.9 Å². The Morgan fingerprint density at radius 3 is 2.80 bits per heavy atom. The SMILES string of the molecule is c1cc(C2OCCO2)c[nH]1. The minimum atomic E-state index is -0.133. The standard InChI is InChI=1S/C7H9NO2/c1-2-8-5-6(1)7-9-3-4-10-7/h1-2,5,7-8H,3-4H2. The van der Waals surface area contributed by atoms with E-state index in [4.69, 9.17) is 9.47 Å². The molecule has 0 bridgehead atoms. The van der Waals surface area contributed by atoms with Crippen LogP contribution >= 0.6 is 0 Å². The van der Waals surface area contributed by atoms with Crippen molar-refractivity contribution in [2.45, 2.75) is 6.29 Å². The van der Waals surface area contributed by atoms with Gasteiger partial charge in [0.15, 0.2) is 6.29 Å². The van der Waals surface area contributed by atoms with Crippen molar-refractivity contribution in [3.8, 4) is 0 Å². The fourth-order valence-corrected chi connectivity index (χ4v) is 1.03. The van der Waals surface area contributed by atoms with Gasteiger partial charge in [-0.2, -0.15) is 0 Å². The van der Waals surface area contributed by atoms with E-state index in [1.807, 2.05) is 18.5 Å². The molecule has 0 aliphatic carbocycles. The third kappa shape index (κ3) is 0.936. The maximum Gasteiger partial charge on any atom is 0.185 e. The third-order valence-electron chi connectivity index (χ3n) is 1.52. The lowest BCUT2D eigenvalue weighted by atomic mass is 10.3. The molecule has 54 valence electrons. The van der Waals surface area contributed by atoms with Crippen molar-refractivity contribution >= 4 is 0 Å². The second kappa shape index (κ2) is 2.44. The van der Waals surface area contributed by atoms with Crippen LogP contribution in [-0.4, -0.2) is 18.2 Å². The molecule has 1 aliphatic heterocycles. The molecule has 2 rings (SSSR count). The lowest BCUT2D eigenvalue weighted by Gasteiger charge is -2.04. The number of aromatic amines is 1. The third-order valence-corrected chi connectivity index (χ3v) is 1.52. The van der Waals surface area contributed by atoms with Crippen molar-refractivity contribution < 1.29 is 9.47 Å². The van der Waals surface area contributed by atoms with E-state index in [0.717, 1.165) is 5.56 Å². The van der Waals surface area contributed by atoms with Gasteiger partial charge >= 0.3 is 0 Å². The molecular weight excluding hydrogens is 130 g/mol. The van der Waals surface area contributed by atoms with Gasteiger partial charge in [0.25, 0.3) is 0 Å². The Morgan fingerprint density at radius 2 is 2.20 bits per heavy atom. The minimum absolute atomic E-state index is 0.133. The summed E-state index contributed by atoms with van der Waals surface area (Å²) < 4.78 is 10.5. The van der Waals surface area contributed by atoms with E-state index in [1.54, 1.807) is 0 Å². The summed E-state index contributed by atoms with van der Waals surface area (Å²) in [5, 5.41) is 0. The van der Waals surface area contributed by atoms with Crippen molar-refractivity contribution in [3.05, 3.63) is 24.0 Å². The summed E-state index contributed by atoms with van der Waals surface area (Å²) in [5.41, 5.74) is 1.07. The van der Waals surface area contributed by atoms with E-state index in [9.17, 15) is 0 Å². The minimum Gasteiger partial charge on any atom is -0.367 e. The predicted octanol–water partition coefficient (Wildman–Crippen LogP) is 1.06. The predicted molar refractivity (Wildman–Crippen MR) is 35.4 cm³/mol. The van der Waals surface area contributed by atoms with Crippen LogP contribution in [0.25, 0.3) is 0 Å². The van der Waals surface area contributed by atoms with Crippen LogP contribution in [0.5, 0.6) is 0 Å². The summed E-state index contributed by atoms with van der Waals surface area (Å²) in [6.07, 6.45) is 3.61. The average molecular weight is 139 g/mol. The van der Waals surface area contributed by atoms with Gasteiger partial charge in [0.2, 0.25) is 0 Å². The zero-order valence-electron chi connectivity index (χ0n) is 5.54. The summed E-state index contributed by atoms with van der Waals surface area (Å²) in [4.78, 5) is 2.95. The number of hydrogen-bond donors (Lipinski definition) is 1. The summed E-state index contributed by atoms with van der Waals surface area (Å²) in [5.74, 6) is 0. The van der Waals surface area contributed by atoms with Crippen LogP contribution in [0.4, 0.5) is 0 Å². The number of H-pyrrole nitrogens is 1. The zero-order chi connectivity index (χ0) is 6.81. The molecular formula is C7H9NO2. The van der Waals surface area contributed by atoms with Gasteiger partial charge in [0, 0.05) is 18.0 Å². The Bertz CT molecular complexity index is 189. The maximum atomic E-state index is 5.26. The molecule has 3 heteroatoms. The molecule has 0 aromatic carbocycles. The molecule has 0 atom stereocenters. The second-order valence-corrected chi connectivity index (χ2v) is 2.22. The van der Waals surface area contributed by atoms with Crippen LogP contribution in [0.15, 0.2) is 18.5 Å². The molecule has 1 N–H and O–H groups in total. The first-order chi connectivity index (χ1) is 4.97. The fraction of sp³-hybridized carbons (Fsp3) is 0.429. The topological polar surface area (TPSA) is 34.2 Å². The first-order valence-electron chi connectivity index (χ1n) is 3.33. The first kappa shape index (κ1) is 5.95. The fourth-order valence-electron chi connectivity index (χ4n) is 1.03. The van der Waals surface area contributed by atoms with Crippen molar-refractivity contribution in [2.24, 2.45) is 0 Å². The average Bonchev–Trinajstić information content (AvgIpc) is 2.59. The van der Waals surface area contributed by atoms with Gasteiger partial charge in [0.1, 0.15) is 0 Å². The molecule has 10 heavy (non-hydrogen) atoms. The largest absolute Gasteiger partial charge is 0.367 e. The van der Waals surface area contributed by atoms with Gasteiger partial charge < -0.3 is 14.5 Å². The highest BCUT2D eigenvalue weighted by molar-refractivity contribution is 5.10. The number of nitrogens with one attached hydrogen (secondary N) is 1. The maximum absolute atomic E-state index is 5.26. The Morgan fingerprint density at radius 1 is 1.40 bits per heavy atom. The molecule has 1 fully saturated rings. The van der Waals surface area contributed by atoms with E-state index >= 15 is 0 Å². The molecule has 3 nitrogen and oxygen atoms in total. The molecule has 1 aromatic heterocycles. The highest BCUT2D eigenvalue weighted by Gasteiger charge is 2.17. The summed E-state index contributed by atoms with van der Waals surface area (Å²) >= 11 is 0. The number of ether oxygens (including phenoxy) is 2. The van der Waals surface area contributed by atoms with Crippen LogP contribution in [0.2, 0.25) is 0 Å². The lowest BCUT2D eigenvalue weighted by Crippen LogP contribution is -1.94. The molecule has 1 saturated heterocycles. The lowest BCUT2D eigenvalue weighted by molar-refractivity contribution is -0.0440. The van der Waals surface area contributed by atoms with Gasteiger partial charge in [-0.1, -0.05) is 0 Å². The molecule has 0 saturated carbocycles. The van der Waals surface area contributed by atoms with Crippen LogP contribution in [0.3, 0.4) is 0 Å². The van der Waals surface area contributed by atoms with Crippen LogP contribution in [-0.2, 0) is 9.47 Å². The summed E-state index contributed by atoms with van der Waals surface area (Å²) in [6, 6.07) is 1.95. The van der Waals surface area contributed by atoms with E-state index < -0.39 is 0 Å². The van der Waals surface area contributed by atoms with E-state index in [1.165, 1.54) is 0 Å². The van der Waals surface area contributed by atoms with Gasteiger partial charge in [-0.25, -0.2) is 0 Å². The Hall–Kier alpha value is -0.800. The summed E-state index contributed by atoms with van der Waals surface area (Å²) in [7, 11) is 0. The highest BCUT2D eigenvalue weighted by Crippen LogP contribution is 2.21. The Balaban J connectivity index is 2.12. The molecule has 0 spiro atoms. The van der Waals surface area contributed by atoms with Gasteiger partial charge in [-0.05, 0) is 6.07 Å². The van der Waals surface area contributed by atoms with E-state index in [2.05, 4.69) is 4.98 Å². The van der Waals surface area contributed by atoms with Gasteiger partial charge in [0.05, 0.1) is 13.2 Å². The number of rotatable bonds is 1. The van der Waals surface area contributed by atoms with Gasteiger partial charge in [-0.15, -0.1) is 0 Å². The molecule has 0 amide bonds. The molecule has 1 aromatic rings. The number of aromatic nitrogens is 1. The molecule has 0 unspecified atom stereocenters. The van der Waals surface area contributed by atoms with E-state index in [0.29, 0.717) is 13.2 Å². The Labute approximate surface area is 59.0 Å². The van der Waals surface area contributed by atoms with Crippen molar-refractivity contribution in [2.75, 3.05) is 13.2 Å². The zero-order valence-corrected chi connectivity index (χ0v) is 5.54. The van der Waals surface area contributed by atoms with Crippen molar-refractivity contribution in [1.82, 2.24) is 4.98 Å². The van der Waals surface area contributed by atoms with Crippen LogP contribution < -0.4 is 0 Å². The normalized spacial score (nSPS) is 20.0. The second-order valence-electron chi connectivity index (χ2n) is 2.22. The van der Waals surface area contributed by atoms with E-state index in [-0.39, 0.29) is 6.29 Å².